The molecule has 0 radical (unpaired) electrons. The molecule has 2 aliphatic rings. The topological polar surface area (TPSA) is 21.1 Å². The Morgan fingerprint density at radius 1 is 0.800 bits per heavy atom. The van der Waals surface area contributed by atoms with Crippen LogP contribution in [0, 0.1) is 0 Å². The van der Waals surface area contributed by atoms with Crippen molar-refractivity contribution in [3.05, 3.63) is 181 Å². The lowest BCUT2D eigenvalue weighted by Crippen LogP contribution is -2.16. The van der Waals surface area contributed by atoms with Crippen LogP contribution in [0.3, 0.4) is 0 Å². The van der Waals surface area contributed by atoms with Gasteiger partial charge in [0.15, 0.2) is 0 Å². The molecule has 0 amide bonds. The Morgan fingerprint density at radius 2 is 1.50 bits per heavy atom. The molecule has 0 N–H and O–H groups in total. The van der Waals surface area contributed by atoms with Gasteiger partial charge in [-0.3, -0.25) is 4.57 Å². The maximum Gasteiger partial charge on any atom is 0.145 e. The van der Waals surface area contributed by atoms with E-state index >= 15 is 0 Å². The molecular weight excluding hydrogens is 607 g/mol. The first-order chi connectivity index (χ1) is 24.5. The number of aromatic nitrogens is 2. The number of fused-ring (bicyclic) bond motifs is 4. The molecule has 0 fully saturated rings. The van der Waals surface area contributed by atoms with Gasteiger partial charge in [-0.1, -0.05) is 111 Å². The molecular formula is C47H41N3. The number of benzene rings is 5. The van der Waals surface area contributed by atoms with Crippen LogP contribution in [0.4, 0.5) is 17.1 Å². The third-order valence-corrected chi connectivity index (χ3v) is 10.2. The molecule has 0 saturated carbocycles. The summed E-state index contributed by atoms with van der Waals surface area (Å²) in [5.41, 5.74) is 15.3. The number of imidazole rings is 1. The fourth-order valence-electron chi connectivity index (χ4n) is 7.61. The molecule has 0 atom stereocenters. The summed E-state index contributed by atoms with van der Waals surface area (Å²) in [6.07, 6.45) is 16.7. The van der Waals surface area contributed by atoms with Crippen molar-refractivity contribution in [3.8, 4) is 22.5 Å². The molecule has 0 bridgehead atoms. The van der Waals surface area contributed by atoms with Crippen LogP contribution in [0.5, 0.6) is 0 Å². The lowest BCUT2D eigenvalue weighted by Gasteiger charge is -2.28. The summed E-state index contributed by atoms with van der Waals surface area (Å²) >= 11 is 0. The molecule has 2 aliphatic carbocycles. The van der Waals surface area contributed by atoms with Gasteiger partial charge in [0.2, 0.25) is 0 Å². The van der Waals surface area contributed by atoms with Crippen molar-refractivity contribution in [1.82, 2.24) is 9.55 Å². The van der Waals surface area contributed by atoms with E-state index in [2.05, 4.69) is 176 Å². The zero-order chi connectivity index (χ0) is 34.2. The summed E-state index contributed by atoms with van der Waals surface area (Å²) in [5.74, 6) is 0.970. The highest BCUT2D eigenvalue weighted by Gasteiger charge is 2.35. The lowest BCUT2D eigenvalue weighted by atomic mass is 9.82. The summed E-state index contributed by atoms with van der Waals surface area (Å²) in [6.45, 7) is 10.8. The molecule has 0 saturated heterocycles. The Bertz CT molecular complexity index is 2360. The van der Waals surface area contributed by atoms with Crippen LogP contribution >= 0.6 is 0 Å². The fourth-order valence-corrected chi connectivity index (χ4v) is 7.61. The summed E-state index contributed by atoms with van der Waals surface area (Å²) in [4.78, 5) is 7.51. The van der Waals surface area contributed by atoms with E-state index in [-0.39, 0.29) is 5.41 Å². The molecule has 244 valence electrons. The maximum absolute atomic E-state index is 5.15. The highest BCUT2D eigenvalue weighted by atomic mass is 15.1. The second-order valence-corrected chi connectivity index (χ2v) is 13.6. The minimum absolute atomic E-state index is 0.0974. The Kier molecular flexibility index (Phi) is 8.05. The predicted molar refractivity (Wildman–Crippen MR) is 213 cm³/mol. The van der Waals surface area contributed by atoms with Crippen molar-refractivity contribution >= 4 is 39.4 Å². The first-order valence-corrected chi connectivity index (χ1v) is 17.5. The third-order valence-electron chi connectivity index (χ3n) is 10.2. The Labute approximate surface area is 295 Å². The second kappa shape index (κ2) is 12.8. The molecule has 3 heteroatoms. The van der Waals surface area contributed by atoms with Crippen LogP contribution in [0.1, 0.15) is 50.3 Å². The van der Waals surface area contributed by atoms with Gasteiger partial charge in [0.25, 0.3) is 0 Å². The van der Waals surface area contributed by atoms with Gasteiger partial charge in [0.1, 0.15) is 5.82 Å². The Hall–Kier alpha value is -5.93. The fraction of sp³-hybridized carbons (Fsp3) is 0.128. The molecule has 50 heavy (non-hydrogen) atoms. The third kappa shape index (κ3) is 5.36. The highest BCUT2D eigenvalue weighted by molar-refractivity contribution is 5.88. The number of para-hydroxylation sites is 2. The van der Waals surface area contributed by atoms with Gasteiger partial charge in [-0.05, 0) is 120 Å². The van der Waals surface area contributed by atoms with Crippen molar-refractivity contribution < 1.29 is 0 Å². The quantitative estimate of drug-likeness (QED) is 0.153. The van der Waals surface area contributed by atoms with E-state index in [1.54, 1.807) is 0 Å². The van der Waals surface area contributed by atoms with Crippen LogP contribution in [-0.4, -0.2) is 9.55 Å². The van der Waals surface area contributed by atoms with Crippen molar-refractivity contribution in [2.75, 3.05) is 4.90 Å². The van der Waals surface area contributed by atoms with E-state index in [9.17, 15) is 0 Å². The van der Waals surface area contributed by atoms with E-state index in [0.29, 0.717) is 0 Å². The largest absolute Gasteiger partial charge is 0.310 e. The number of hydrogen-bond donors (Lipinski definition) is 0. The van der Waals surface area contributed by atoms with E-state index in [1.807, 2.05) is 19.1 Å². The van der Waals surface area contributed by atoms with Crippen LogP contribution in [0.25, 0.3) is 44.8 Å². The number of nitrogens with zero attached hydrogens (tertiary/aromatic N) is 3. The normalized spacial score (nSPS) is 14.9. The van der Waals surface area contributed by atoms with Crippen molar-refractivity contribution in [1.29, 1.82) is 0 Å². The zero-order valence-electron chi connectivity index (χ0n) is 29.0. The van der Waals surface area contributed by atoms with E-state index < -0.39 is 0 Å². The molecule has 6 aromatic rings. The van der Waals surface area contributed by atoms with Gasteiger partial charge >= 0.3 is 0 Å². The molecule has 0 aliphatic heterocycles. The summed E-state index contributed by atoms with van der Waals surface area (Å²) in [7, 11) is 0. The molecule has 8 rings (SSSR count). The zero-order valence-corrected chi connectivity index (χ0v) is 29.0. The first kappa shape index (κ1) is 31.3. The molecule has 0 spiro atoms. The number of rotatable bonds is 8. The SMILES string of the molecule is C=C/C(=C\C=C/C)c1ccc(N(c2ccc(-c3nc4ccccc4n3C3=CC=CCC3)cc2)c2ccc3c(c2)C(C)(C)c2ccccc2-3)cc1. The Morgan fingerprint density at radius 3 is 2.24 bits per heavy atom. The first-order valence-electron chi connectivity index (χ1n) is 17.5. The van der Waals surface area contributed by atoms with Crippen molar-refractivity contribution in [3.63, 3.8) is 0 Å². The molecule has 1 aromatic heterocycles. The standard InChI is InChI=1S/C47H41N3/c1-5-7-15-33(6-2)34-22-26-37(27-23-34)49(39-30-31-41-40-18-11-12-19-42(40)47(3,4)43(41)32-39)38-28-24-35(25-29-38)46-48-44-20-13-14-21-45(44)50(46)36-16-9-8-10-17-36/h5-9,11-16,18-32H,2,10,17H2,1,3-4H3/b7-5-,33-15+. The van der Waals surface area contributed by atoms with Gasteiger partial charge < -0.3 is 4.90 Å². The van der Waals surface area contributed by atoms with Gasteiger partial charge in [0.05, 0.1) is 11.0 Å². The summed E-state index contributed by atoms with van der Waals surface area (Å²) in [6, 6.07) is 41.9. The average Bonchev–Trinajstić information content (AvgIpc) is 3.66. The predicted octanol–water partition coefficient (Wildman–Crippen LogP) is 12.8. The minimum Gasteiger partial charge on any atom is -0.310 e. The van der Waals surface area contributed by atoms with Crippen LogP contribution in [-0.2, 0) is 5.41 Å². The number of anilines is 3. The number of allylic oxidation sites excluding steroid dienone is 9. The van der Waals surface area contributed by atoms with Gasteiger partial charge in [0, 0.05) is 33.7 Å². The Balaban J connectivity index is 1.24. The van der Waals surface area contributed by atoms with E-state index in [1.165, 1.54) is 28.0 Å². The molecule has 3 nitrogen and oxygen atoms in total. The van der Waals surface area contributed by atoms with Gasteiger partial charge in [-0.15, -0.1) is 0 Å². The average molecular weight is 648 g/mol. The van der Waals surface area contributed by atoms with E-state index in [4.69, 9.17) is 4.98 Å². The highest BCUT2D eigenvalue weighted by Crippen LogP contribution is 2.50. The van der Waals surface area contributed by atoms with Crippen LogP contribution in [0.15, 0.2) is 164 Å². The van der Waals surface area contributed by atoms with Gasteiger partial charge in [-0.2, -0.15) is 0 Å². The molecule has 5 aromatic carbocycles. The lowest BCUT2D eigenvalue weighted by molar-refractivity contribution is 0.660. The molecule has 1 heterocycles. The number of hydrogen-bond acceptors (Lipinski definition) is 2. The van der Waals surface area contributed by atoms with Crippen LogP contribution in [0.2, 0.25) is 0 Å². The monoisotopic (exact) mass is 647 g/mol. The van der Waals surface area contributed by atoms with Gasteiger partial charge in [-0.25, -0.2) is 4.98 Å². The summed E-state index contributed by atoms with van der Waals surface area (Å²) in [5, 5.41) is 0. The van der Waals surface area contributed by atoms with E-state index in [0.717, 1.165) is 63.5 Å². The second-order valence-electron chi connectivity index (χ2n) is 13.6. The minimum atomic E-state index is -0.0974. The van der Waals surface area contributed by atoms with Crippen molar-refractivity contribution in [2.45, 2.75) is 39.0 Å². The van der Waals surface area contributed by atoms with Crippen molar-refractivity contribution in [2.24, 2.45) is 0 Å². The maximum atomic E-state index is 5.15. The summed E-state index contributed by atoms with van der Waals surface area (Å²) < 4.78 is 2.34. The molecule has 0 unspecified atom stereocenters. The smallest absolute Gasteiger partial charge is 0.145 e. The van der Waals surface area contributed by atoms with Crippen LogP contribution < -0.4 is 4.90 Å².